The largest absolute Gasteiger partial charge is 0.493 e. The van der Waals surface area contributed by atoms with Crippen LogP contribution >= 0.6 is 55.8 Å². The van der Waals surface area contributed by atoms with Crippen molar-refractivity contribution in [2.24, 2.45) is 5.10 Å². The van der Waals surface area contributed by atoms with Crippen molar-refractivity contribution in [2.75, 3.05) is 14.2 Å². The number of nitrogens with zero attached hydrogens (tertiary/aromatic N) is 2. The number of halogens is 2. The molecule has 1 saturated heterocycles. The molecule has 0 aromatic heterocycles. The van der Waals surface area contributed by atoms with Gasteiger partial charge in [0, 0.05) is 14.5 Å². The molecule has 0 atom stereocenters. The Morgan fingerprint density at radius 2 is 1.39 bits per heavy atom. The molecule has 0 aliphatic carbocycles. The summed E-state index contributed by atoms with van der Waals surface area (Å²) in [7, 11) is 3.14. The highest BCUT2D eigenvalue weighted by molar-refractivity contribution is 9.10. The Kier molecular flexibility index (Phi) is 9.85. The summed E-state index contributed by atoms with van der Waals surface area (Å²) >= 11 is 13.7. The molecular weight excluding hydrogens is 632 g/mol. The molecule has 0 N–H and O–H groups in total. The first-order valence-electron chi connectivity index (χ1n) is 10.9. The minimum Gasteiger partial charge on any atom is -0.493 e. The monoisotopic (exact) mass is 656 g/mol. The van der Waals surface area contributed by atoms with Gasteiger partial charge in [-0.1, -0.05) is 27.7 Å². The molecule has 1 fully saturated rings. The van der Waals surface area contributed by atoms with Gasteiger partial charge in [-0.3, -0.25) is 4.79 Å². The van der Waals surface area contributed by atoms with E-state index in [-0.39, 0.29) is 18.1 Å². The van der Waals surface area contributed by atoms with E-state index in [1.54, 1.807) is 32.6 Å². The second-order valence-corrected chi connectivity index (χ2v) is 11.5. The van der Waals surface area contributed by atoms with E-state index in [4.69, 9.17) is 31.2 Å². The van der Waals surface area contributed by atoms with E-state index >= 15 is 0 Å². The van der Waals surface area contributed by atoms with Gasteiger partial charge in [0.15, 0.2) is 27.3 Å². The summed E-state index contributed by atoms with van der Waals surface area (Å²) in [4.78, 5) is 13.6. The van der Waals surface area contributed by atoms with Crippen molar-refractivity contribution in [3.05, 3.63) is 49.2 Å². The first-order chi connectivity index (χ1) is 17.0. The topological polar surface area (TPSA) is 69.6 Å². The highest BCUT2D eigenvalue weighted by atomic mass is 79.9. The van der Waals surface area contributed by atoms with Crippen molar-refractivity contribution < 1.29 is 23.7 Å². The van der Waals surface area contributed by atoms with Crippen LogP contribution in [0, 0.1) is 0 Å². The summed E-state index contributed by atoms with van der Waals surface area (Å²) in [6.45, 7) is 7.76. The standard InChI is InChI=1S/C25H26Br2N2O5S2/c1-13(2)33-21-10-17(26)15(7-19(21)31-5)9-23-24(30)29(25(35)36-23)28-12-16-8-20(32-6)22(11-18(16)27)34-14(3)4/h7-14H,1-6H3/b23-9+,28-12+. The number of thioether (sulfide) groups is 1. The summed E-state index contributed by atoms with van der Waals surface area (Å²) in [6, 6.07) is 7.22. The number of carbonyl (C=O) groups is 1. The molecule has 2 aromatic carbocycles. The molecule has 1 aliphatic heterocycles. The molecule has 0 spiro atoms. The molecule has 0 unspecified atom stereocenters. The highest BCUT2D eigenvalue weighted by Gasteiger charge is 2.32. The predicted octanol–water partition coefficient (Wildman–Crippen LogP) is 7.04. The van der Waals surface area contributed by atoms with Crippen LogP contribution in [0.1, 0.15) is 38.8 Å². The molecule has 11 heteroatoms. The zero-order chi connectivity index (χ0) is 26.6. The van der Waals surface area contributed by atoms with E-state index in [0.717, 1.165) is 14.5 Å². The maximum atomic E-state index is 13.1. The second kappa shape index (κ2) is 12.4. The highest BCUT2D eigenvalue weighted by Crippen LogP contribution is 2.39. The van der Waals surface area contributed by atoms with Crippen molar-refractivity contribution in [2.45, 2.75) is 39.9 Å². The number of hydrazone groups is 1. The van der Waals surface area contributed by atoms with Gasteiger partial charge >= 0.3 is 0 Å². The third kappa shape index (κ3) is 6.81. The van der Waals surface area contributed by atoms with Crippen molar-refractivity contribution in [1.82, 2.24) is 5.01 Å². The van der Waals surface area contributed by atoms with E-state index in [1.807, 2.05) is 45.9 Å². The quantitative estimate of drug-likeness (QED) is 0.163. The van der Waals surface area contributed by atoms with Crippen molar-refractivity contribution in [3.8, 4) is 23.0 Å². The lowest BCUT2D eigenvalue weighted by Crippen LogP contribution is -2.22. The normalized spacial score (nSPS) is 15.1. The van der Waals surface area contributed by atoms with Crippen LogP contribution in [0.5, 0.6) is 23.0 Å². The zero-order valence-corrected chi connectivity index (χ0v) is 25.4. The molecule has 36 heavy (non-hydrogen) atoms. The number of benzene rings is 2. The molecule has 0 saturated carbocycles. The number of hydrogen-bond donors (Lipinski definition) is 0. The van der Waals surface area contributed by atoms with Crippen LogP contribution in [0.4, 0.5) is 0 Å². The van der Waals surface area contributed by atoms with Gasteiger partial charge in [-0.25, -0.2) is 0 Å². The molecule has 3 rings (SSSR count). The fourth-order valence-corrected chi connectivity index (χ4v) is 5.17. The van der Waals surface area contributed by atoms with Crippen LogP contribution in [0.15, 0.2) is 43.2 Å². The maximum Gasteiger partial charge on any atom is 0.286 e. The van der Waals surface area contributed by atoms with Crippen LogP contribution in [0.25, 0.3) is 6.08 Å². The van der Waals surface area contributed by atoms with Crippen molar-refractivity contribution >= 4 is 78.4 Å². The Morgan fingerprint density at radius 1 is 0.889 bits per heavy atom. The number of ether oxygens (including phenoxy) is 4. The third-order valence-corrected chi connectivity index (χ3v) is 7.32. The Balaban J connectivity index is 1.87. The fraction of sp³-hybridized carbons (Fsp3) is 0.320. The number of thiocarbonyl (C=S) groups is 1. The molecule has 0 bridgehead atoms. The lowest BCUT2D eigenvalue weighted by atomic mass is 10.2. The number of rotatable bonds is 9. The fourth-order valence-electron chi connectivity index (χ4n) is 3.14. The maximum absolute atomic E-state index is 13.1. The van der Waals surface area contributed by atoms with E-state index in [2.05, 4.69) is 37.0 Å². The third-order valence-electron chi connectivity index (χ3n) is 4.66. The molecule has 2 aromatic rings. The smallest absolute Gasteiger partial charge is 0.286 e. The van der Waals surface area contributed by atoms with Gasteiger partial charge < -0.3 is 18.9 Å². The van der Waals surface area contributed by atoms with Gasteiger partial charge in [0.2, 0.25) is 0 Å². The Bertz CT molecular complexity index is 1230. The molecule has 0 radical (unpaired) electrons. The SMILES string of the molecule is COc1cc(/C=N/N2C(=O)/C(=C\c3cc(OC)c(OC(C)C)cc3Br)SC2=S)c(Br)cc1OC(C)C. The molecule has 1 heterocycles. The van der Waals surface area contributed by atoms with Gasteiger partial charge in [0.05, 0.1) is 37.5 Å². The number of methoxy groups -OCH3 is 2. The van der Waals surface area contributed by atoms with Gasteiger partial charge in [-0.15, -0.1) is 0 Å². The van der Waals surface area contributed by atoms with Crippen molar-refractivity contribution in [3.63, 3.8) is 0 Å². The molecular formula is C25H26Br2N2O5S2. The number of carbonyl (C=O) groups excluding carboxylic acids is 1. The van der Waals surface area contributed by atoms with Crippen LogP contribution < -0.4 is 18.9 Å². The van der Waals surface area contributed by atoms with E-state index in [1.165, 1.54) is 16.8 Å². The first-order valence-corrected chi connectivity index (χ1v) is 13.7. The van der Waals surface area contributed by atoms with Gasteiger partial charge in [-0.2, -0.15) is 10.1 Å². The molecule has 1 amide bonds. The summed E-state index contributed by atoms with van der Waals surface area (Å²) < 4.78 is 24.3. The van der Waals surface area contributed by atoms with E-state index < -0.39 is 0 Å². The zero-order valence-electron chi connectivity index (χ0n) is 20.6. The van der Waals surface area contributed by atoms with E-state index in [9.17, 15) is 4.79 Å². The van der Waals surface area contributed by atoms with Gasteiger partial charge in [0.1, 0.15) is 0 Å². The molecule has 1 aliphatic rings. The average Bonchev–Trinajstić information content (AvgIpc) is 3.06. The van der Waals surface area contributed by atoms with Gasteiger partial charge in [0.25, 0.3) is 5.91 Å². The minimum absolute atomic E-state index is 0.00825. The van der Waals surface area contributed by atoms with Gasteiger partial charge in [-0.05, 0) is 91.7 Å². The Morgan fingerprint density at radius 3 is 1.89 bits per heavy atom. The lowest BCUT2D eigenvalue weighted by Gasteiger charge is -2.15. The summed E-state index contributed by atoms with van der Waals surface area (Å²) in [5.74, 6) is 2.02. The van der Waals surface area contributed by atoms with E-state index in [0.29, 0.717) is 37.8 Å². The van der Waals surface area contributed by atoms with Crippen LogP contribution in [-0.4, -0.2) is 47.9 Å². The predicted molar refractivity (Wildman–Crippen MR) is 156 cm³/mol. The lowest BCUT2D eigenvalue weighted by molar-refractivity contribution is -0.122. The second-order valence-electron chi connectivity index (χ2n) is 8.12. The van der Waals surface area contributed by atoms with Crippen LogP contribution in [-0.2, 0) is 4.79 Å². The number of amides is 1. The Labute approximate surface area is 237 Å². The molecule has 7 nitrogen and oxygen atoms in total. The average molecular weight is 658 g/mol. The minimum atomic E-state index is -0.322. The van der Waals surface area contributed by atoms with Crippen LogP contribution in [0.2, 0.25) is 0 Å². The Hall–Kier alpha value is -2.08. The first kappa shape index (κ1) is 28.5. The summed E-state index contributed by atoms with van der Waals surface area (Å²) in [5, 5.41) is 5.55. The summed E-state index contributed by atoms with van der Waals surface area (Å²) in [5.41, 5.74) is 1.45. The van der Waals surface area contributed by atoms with Crippen molar-refractivity contribution in [1.29, 1.82) is 0 Å². The number of hydrogen-bond acceptors (Lipinski definition) is 8. The van der Waals surface area contributed by atoms with Crippen LogP contribution in [0.3, 0.4) is 0 Å². The summed E-state index contributed by atoms with van der Waals surface area (Å²) in [6.07, 6.45) is 3.28. The molecule has 192 valence electrons.